The van der Waals surface area contributed by atoms with Crippen LogP contribution in [0.3, 0.4) is 0 Å². The molecule has 220 valence electrons. The monoisotopic (exact) mass is 572 g/mol. The number of alkyl halides is 3. The molecule has 0 atom stereocenters. The van der Waals surface area contributed by atoms with Crippen LogP contribution in [0.2, 0.25) is 0 Å². The lowest BCUT2D eigenvalue weighted by atomic mass is 10.1. The Bertz CT molecular complexity index is 1290. The standard InChI is InChI=1S/C25H26F3N5O3.C4H9N/c1-32(2)22-19(14-21(34)35)23(33(3)4)31-20(30-22)13-15-5-11-18(12-6-15)29-24(36)16-7-9-17(10-8-16)25(26,27)28;1-2-4-5-3-1/h5-12H,13-14H2,1-4H3,(H,29,36)(H,34,35);5H,1-4H2. The second kappa shape index (κ2) is 13.9. The maximum absolute atomic E-state index is 12.7. The number of nitrogens with zero attached hydrogens (tertiary/aromatic N) is 4. The summed E-state index contributed by atoms with van der Waals surface area (Å²) in [6.45, 7) is 2.50. The van der Waals surface area contributed by atoms with Crippen molar-refractivity contribution in [2.24, 2.45) is 0 Å². The second-order valence-corrected chi connectivity index (χ2v) is 9.99. The van der Waals surface area contributed by atoms with Crippen molar-refractivity contribution in [1.29, 1.82) is 0 Å². The molecule has 4 rings (SSSR count). The van der Waals surface area contributed by atoms with E-state index in [0.717, 1.165) is 29.8 Å². The topological polar surface area (TPSA) is 111 Å². The zero-order valence-electron chi connectivity index (χ0n) is 23.5. The molecule has 2 heterocycles. The zero-order chi connectivity index (χ0) is 30.2. The first kappa shape index (κ1) is 31.3. The van der Waals surface area contributed by atoms with Gasteiger partial charge in [0.2, 0.25) is 0 Å². The fraction of sp³-hybridized carbons (Fsp3) is 0.379. The number of carbonyl (C=O) groups excluding carboxylic acids is 1. The van der Waals surface area contributed by atoms with Gasteiger partial charge in [-0.15, -0.1) is 0 Å². The van der Waals surface area contributed by atoms with E-state index in [1.807, 2.05) is 0 Å². The maximum atomic E-state index is 12.7. The Hall–Kier alpha value is -4.19. The highest BCUT2D eigenvalue weighted by molar-refractivity contribution is 6.04. The normalized spacial score (nSPS) is 12.8. The molecule has 3 aromatic rings. The highest BCUT2D eigenvalue weighted by atomic mass is 19.4. The SMILES string of the molecule is C1CCNC1.CN(C)c1nc(Cc2ccc(NC(=O)c3ccc(C(F)(F)F)cc3)cc2)nc(N(C)C)c1CC(=O)O. The third-order valence-electron chi connectivity index (χ3n) is 6.19. The Kier molecular flexibility index (Phi) is 10.6. The Morgan fingerprint density at radius 1 is 0.902 bits per heavy atom. The molecule has 1 aliphatic heterocycles. The number of rotatable bonds is 8. The lowest BCUT2D eigenvalue weighted by Gasteiger charge is -2.22. The summed E-state index contributed by atoms with van der Waals surface area (Å²) in [6, 6.07) is 10.9. The summed E-state index contributed by atoms with van der Waals surface area (Å²) in [5, 5.41) is 15.2. The van der Waals surface area contributed by atoms with Gasteiger partial charge in [0.1, 0.15) is 17.5 Å². The highest BCUT2D eigenvalue weighted by Crippen LogP contribution is 2.29. The van der Waals surface area contributed by atoms with E-state index in [1.54, 1.807) is 62.3 Å². The molecule has 3 N–H and O–H groups in total. The minimum absolute atomic E-state index is 0.106. The number of carboxylic acid groups (broad SMARTS) is 1. The molecule has 0 radical (unpaired) electrons. The molecular formula is C29H35F3N6O3. The molecule has 1 aliphatic rings. The minimum atomic E-state index is -4.47. The van der Waals surface area contributed by atoms with E-state index in [4.69, 9.17) is 0 Å². The minimum Gasteiger partial charge on any atom is -0.481 e. The maximum Gasteiger partial charge on any atom is 0.416 e. The van der Waals surface area contributed by atoms with Crippen molar-refractivity contribution in [1.82, 2.24) is 15.3 Å². The van der Waals surface area contributed by atoms with Crippen molar-refractivity contribution in [3.05, 3.63) is 76.6 Å². The van der Waals surface area contributed by atoms with Crippen LogP contribution in [0.15, 0.2) is 48.5 Å². The van der Waals surface area contributed by atoms with Crippen molar-refractivity contribution in [3.8, 4) is 0 Å². The molecule has 1 saturated heterocycles. The summed E-state index contributed by atoms with van der Waals surface area (Å²) >= 11 is 0. The predicted octanol–water partition coefficient (Wildman–Crippen LogP) is 4.47. The van der Waals surface area contributed by atoms with E-state index in [0.29, 0.717) is 35.1 Å². The van der Waals surface area contributed by atoms with Crippen LogP contribution in [0.25, 0.3) is 0 Å². The van der Waals surface area contributed by atoms with Gasteiger partial charge in [-0.25, -0.2) is 9.97 Å². The van der Waals surface area contributed by atoms with Crippen molar-refractivity contribution in [2.75, 3.05) is 56.4 Å². The van der Waals surface area contributed by atoms with Crippen LogP contribution in [0.5, 0.6) is 0 Å². The van der Waals surface area contributed by atoms with Crippen LogP contribution in [0.1, 0.15) is 45.7 Å². The molecule has 12 heteroatoms. The van der Waals surface area contributed by atoms with E-state index >= 15 is 0 Å². The number of nitrogens with one attached hydrogen (secondary N) is 2. The van der Waals surface area contributed by atoms with E-state index in [9.17, 15) is 27.9 Å². The molecule has 2 aromatic carbocycles. The average Bonchev–Trinajstić information content (AvgIpc) is 3.50. The Balaban J connectivity index is 0.000000832. The lowest BCUT2D eigenvalue weighted by Crippen LogP contribution is -2.22. The van der Waals surface area contributed by atoms with Gasteiger partial charge in [-0.3, -0.25) is 9.59 Å². The van der Waals surface area contributed by atoms with Gasteiger partial charge >= 0.3 is 12.1 Å². The molecule has 9 nitrogen and oxygen atoms in total. The van der Waals surface area contributed by atoms with Crippen molar-refractivity contribution in [3.63, 3.8) is 0 Å². The van der Waals surface area contributed by atoms with Crippen LogP contribution in [-0.2, 0) is 23.8 Å². The Morgan fingerprint density at radius 2 is 1.44 bits per heavy atom. The van der Waals surface area contributed by atoms with Crippen molar-refractivity contribution < 1.29 is 27.9 Å². The largest absolute Gasteiger partial charge is 0.481 e. The molecule has 41 heavy (non-hydrogen) atoms. The number of benzene rings is 2. The molecule has 0 unspecified atom stereocenters. The quantitative estimate of drug-likeness (QED) is 0.363. The number of carboxylic acids is 1. The number of aliphatic carboxylic acids is 1. The summed E-state index contributed by atoms with van der Waals surface area (Å²) in [5.74, 6) is 0.0303. The van der Waals surface area contributed by atoms with Crippen LogP contribution in [0.4, 0.5) is 30.5 Å². The molecule has 1 fully saturated rings. The van der Waals surface area contributed by atoms with Crippen molar-refractivity contribution >= 4 is 29.2 Å². The summed E-state index contributed by atoms with van der Waals surface area (Å²) in [7, 11) is 7.13. The third-order valence-corrected chi connectivity index (χ3v) is 6.19. The number of halogens is 3. The Morgan fingerprint density at radius 3 is 1.85 bits per heavy atom. The van der Waals surface area contributed by atoms with E-state index in [-0.39, 0.29) is 12.0 Å². The molecule has 1 aromatic heterocycles. The average molecular weight is 573 g/mol. The second-order valence-electron chi connectivity index (χ2n) is 9.99. The number of hydrogen-bond donors (Lipinski definition) is 3. The van der Waals surface area contributed by atoms with Crippen LogP contribution in [0, 0.1) is 0 Å². The predicted molar refractivity (Wildman–Crippen MR) is 153 cm³/mol. The lowest BCUT2D eigenvalue weighted by molar-refractivity contribution is -0.138. The van der Waals surface area contributed by atoms with E-state index < -0.39 is 23.6 Å². The summed E-state index contributed by atoms with van der Waals surface area (Å²) in [6.07, 6.45) is -1.54. The van der Waals surface area contributed by atoms with Crippen LogP contribution < -0.4 is 20.4 Å². The van der Waals surface area contributed by atoms with Gasteiger partial charge in [0, 0.05) is 51.4 Å². The summed E-state index contributed by atoms with van der Waals surface area (Å²) in [5.41, 5.74) is 1.13. The summed E-state index contributed by atoms with van der Waals surface area (Å²) < 4.78 is 38.1. The van der Waals surface area contributed by atoms with Gasteiger partial charge in [-0.2, -0.15) is 13.2 Å². The molecule has 1 amide bonds. The van der Waals surface area contributed by atoms with Gasteiger partial charge in [-0.05, 0) is 67.9 Å². The van der Waals surface area contributed by atoms with Crippen LogP contribution in [-0.4, -0.2) is 68.2 Å². The first-order valence-corrected chi connectivity index (χ1v) is 13.1. The summed E-state index contributed by atoms with van der Waals surface area (Å²) in [4.78, 5) is 36.4. The number of aromatic nitrogens is 2. The van der Waals surface area contributed by atoms with Gasteiger partial charge in [0.25, 0.3) is 5.91 Å². The number of amides is 1. The zero-order valence-corrected chi connectivity index (χ0v) is 23.5. The third kappa shape index (κ3) is 9.17. The number of anilines is 3. The van der Waals surface area contributed by atoms with Gasteiger partial charge in [0.15, 0.2) is 0 Å². The molecule has 0 spiro atoms. The van der Waals surface area contributed by atoms with E-state index in [2.05, 4.69) is 20.6 Å². The van der Waals surface area contributed by atoms with Gasteiger partial charge in [0.05, 0.1) is 12.0 Å². The first-order valence-electron chi connectivity index (χ1n) is 13.1. The smallest absolute Gasteiger partial charge is 0.416 e. The number of hydrogen-bond acceptors (Lipinski definition) is 7. The van der Waals surface area contributed by atoms with E-state index in [1.165, 1.54) is 25.9 Å². The molecule has 0 bridgehead atoms. The molecule has 0 saturated carbocycles. The molecule has 0 aliphatic carbocycles. The number of carbonyl (C=O) groups is 2. The fourth-order valence-electron chi connectivity index (χ4n) is 4.16. The highest BCUT2D eigenvalue weighted by Gasteiger charge is 2.30. The van der Waals surface area contributed by atoms with Crippen molar-refractivity contribution in [2.45, 2.75) is 31.9 Å². The first-order chi connectivity index (χ1) is 19.3. The van der Waals surface area contributed by atoms with Gasteiger partial charge < -0.3 is 25.5 Å². The van der Waals surface area contributed by atoms with Crippen LogP contribution >= 0.6 is 0 Å². The molecular weight excluding hydrogens is 537 g/mol. The Labute approximate surface area is 237 Å². The van der Waals surface area contributed by atoms with Gasteiger partial charge in [-0.1, -0.05) is 12.1 Å². The fourth-order valence-corrected chi connectivity index (χ4v) is 4.16.